The second-order valence-corrected chi connectivity index (χ2v) is 5.69. The summed E-state index contributed by atoms with van der Waals surface area (Å²) in [6.45, 7) is 3.02. The van der Waals surface area contributed by atoms with Crippen LogP contribution in [0.15, 0.2) is 24.4 Å². The normalized spacial score (nSPS) is 17.6. The molecule has 0 aliphatic heterocycles. The van der Waals surface area contributed by atoms with Crippen LogP contribution < -0.4 is 5.32 Å². The minimum Gasteiger partial charge on any atom is -0.310 e. The van der Waals surface area contributed by atoms with Gasteiger partial charge in [0.15, 0.2) is 5.82 Å². The van der Waals surface area contributed by atoms with Gasteiger partial charge in [0.1, 0.15) is 5.82 Å². The molecule has 0 bridgehead atoms. The summed E-state index contributed by atoms with van der Waals surface area (Å²) in [6, 6.07) is 4.71. The molecule has 5 heteroatoms. The largest absolute Gasteiger partial charge is 0.310 e. The van der Waals surface area contributed by atoms with Gasteiger partial charge in [-0.2, -0.15) is 0 Å². The molecule has 0 amide bonds. The van der Waals surface area contributed by atoms with Crippen molar-refractivity contribution in [2.75, 3.05) is 6.54 Å². The van der Waals surface area contributed by atoms with Gasteiger partial charge in [0.05, 0.1) is 0 Å². The molecule has 1 aliphatic rings. The zero-order valence-electron chi connectivity index (χ0n) is 11.9. The van der Waals surface area contributed by atoms with Crippen molar-refractivity contribution in [3.05, 3.63) is 46.5 Å². The van der Waals surface area contributed by atoms with Gasteiger partial charge in [-0.3, -0.25) is 0 Å². The Kier molecular flexibility index (Phi) is 4.17. The Hall–Kier alpha value is -1.52. The van der Waals surface area contributed by atoms with Crippen molar-refractivity contribution in [2.24, 2.45) is 0 Å². The molecule has 110 valence electrons. The van der Waals surface area contributed by atoms with Gasteiger partial charge in [0, 0.05) is 34.1 Å². The summed E-state index contributed by atoms with van der Waals surface area (Å²) in [6.07, 6.45) is 5.01. The van der Waals surface area contributed by atoms with Gasteiger partial charge in [-0.1, -0.05) is 18.5 Å². The zero-order valence-corrected chi connectivity index (χ0v) is 12.6. The molecular weight excluding hydrogens is 289 g/mol. The van der Waals surface area contributed by atoms with Crippen LogP contribution in [-0.4, -0.2) is 16.5 Å². The van der Waals surface area contributed by atoms with Crippen molar-refractivity contribution >= 4 is 11.6 Å². The molecule has 1 aliphatic carbocycles. The molecule has 1 atom stereocenters. The SMILES string of the molecule is CCNC1CCCc2nc(-c3cc(F)cc(Cl)c3)ncc21. The Balaban J connectivity index is 1.99. The number of hydrogen-bond acceptors (Lipinski definition) is 3. The van der Waals surface area contributed by atoms with Gasteiger partial charge >= 0.3 is 0 Å². The molecular formula is C16H17ClFN3. The third kappa shape index (κ3) is 3.06. The second kappa shape index (κ2) is 6.08. The Morgan fingerprint density at radius 1 is 1.38 bits per heavy atom. The third-order valence-electron chi connectivity index (χ3n) is 3.75. The van der Waals surface area contributed by atoms with E-state index >= 15 is 0 Å². The average Bonchev–Trinajstić information content (AvgIpc) is 2.46. The summed E-state index contributed by atoms with van der Waals surface area (Å²) < 4.78 is 13.5. The van der Waals surface area contributed by atoms with E-state index in [1.54, 1.807) is 6.07 Å². The van der Waals surface area contributed by atoms with Crippen LogP contribution in [0.5, 0.6) is 0 Å². The van der Waals surface area contributed by atoms with Crippen molar-refractivity contribution in [3.8, 4) is 11.4 Å². The van der Waals surface area contributed by atoms with Crippen molar-refractivity contribution in [2.45, 2.75) is 32.2 Å². The molecule has 1 N–H and O–H groups in total. The molecule has 0 saturated heterocycles. The molecule has 21 heavy (non-hydrogen) atoms. The number of halogens is 2. The molecule has 1 heterocycles. The first-order chi connectivity index (χ1) is 10.2. The number of benzene rings is 1. The summed E-state index contributed by atoms with van der Waals surface area (Å²) in [7, 11) is 0. The number of aryl methyl sites for hydroxylation is 1. The van der Waals surface area contributed by atoms with Gasteiger partial charge < -0.3 is 5.32 Å². The van der Waals surface area contributed by atoms with E-state index in [4.69, 9.17) is 11.6 Å². The van der Waals surface area contributed by atoms with Crippen molar-refractivity contribution in [3.63, 3.8) is 0 Å². The summed E-state index contributed by atoms with van der Waals surface area (Å²) in [5.74, 6) is 0.164. The van der Waals surface area contributed by atoms with E-state index in [-0.39, 0.29) is 5.82 Å². The maximum Gasteiger partial charge on any atom is 0.159 e. The Morgan fingerprint density at radius 2 is 2.24 bits per heavy atom. The standard InChI is InChI=1S/C16H17ClFN3/c1-2-19-14-4-3-5-15-13(14)9-20-16(21-15)10-6-11(17)8-12(18)7-10/h6-9,14,19H,2-5H2,1H3. The molecule has 1 aromatic carbocycles. The highest BCUT2D eigenvalue weighted by Gasteiger charge is 2.21. The van der Waals surface area contributed by atoms with E-state index < -0.39 is 0 Å². The maximum atomic E-state index is 13.5. The highest BCUT2D eigenvalue weighted by Crippen LogP contribution is 2.30. The summed E-state index contributed by atoms with van der Waals surface area (Å²) >= 11 is 5.90. The number of fused-ring (bicyclic) bond motifs is 1. The lowest BCUT2D eigenvalue weighted by Crippen LogP contribution is -2.25. The van der Waals surface area contributed by atoms with E-state index in [2.05, 4.69) is 22.2 Å². The van der Waals surface area contributed by atoms with Crippen molar-refractivity contribution in [1.82, 2.24) is 15.3 Å². The fraction of sp³-hybridized carbons (Fsp3) is 0.375. The van der Waals surface area contributed by atoms with E-state index in [9.17, 15) is 4.39 Å². The predicted octanol–water partition coefficient (Wildman–Crippen LogP) is 3.92. The van der Waals surface area contributed by atoms with Gasteiger partial charge in [-0.15, -0.1) is 0 Å². The summed E-state index contributed by atoms with van der Waals surface area (Å²) in [5, 5.41) is 3.82. The van der Waals surface area contributed by atoms with Crippen LogP contribution in [0, 0.1) is 5.82 Å². The highest BCUT2D eigenvalue weighted by atomic mass is 35.5. The minimum atomic E-state index is -0.371. The Bertz CT molecular complexity index is 640. The van der Waals surface area contributed by atoms with Crippen molar-refractivity contribution < 1.29 is 4.39 Å². The number of rotatable bonds is 3. The minimum absolute atomic E-state index is 0.323. The van der Waals surface area contributed by atoms with Gasteiger partial charge in [-0.05, 0) is 44.0 Å². The molecule has 0 radical (unpaired) electrons. The highest BCUT2D eigenvalue weighted by molar-refractivity contribution is 6.30. The van der Waals surface area contributed by atoms with Crippen LogP contribution in [0.1, 0.15) is 37.1 Å². The molecule has 0 fully saturated rings. The third-order valence-corrected chi connectivity index (χ3v) is 3.97. The lowest BCUT2D eigenvalue weighted by atomic mass is 9.92. The fourth-order valence-corrected chi connectivity index (χ4v) is 3.05. The second-order valence-electron chi connectivity index (χ2n) is 5.26. The Labute approximate surface area is 128 Å². The summed E-state index contributed by atoms with van der Waals surface area (Å²) in [4.78, 5) is 9.02. The van der Waals surface area contributed by atoms with Gasteiger partial charge in [0.2, 0.25) is 0 Å². The lowest BCUT2D eigenvalue weighted by Gasteiger charge is -2.25. The first-order valence-electron chi connectivity index (χ1n) is 7.23. The summed E-state index contributed by atoms with van der Waals surface area (Å²) in [5.41, 5.74) is 2.83. The molecule has 1 unspecified atom stereocenters. The average molecular weight is 306 g/mol. The van der Waals surface area contributed by atoms with Crippen LogP contribution in [0.2, 0.25) is 5.02 Å². The van der Waals surface area contributed by atoms with E-state index in [0.29, 0.717) is 22.5 Å². The van der Waals surface area contributed by atoms with Crippen LogP contribution in [0.25, 0.3) is 11.4 Å². The molecule has 2 aromatic rings. The monoisotopic (exact) mass is 305 g/mol. The van der Waals surface area contributed by atoms with E-state index in [1.807, 2.05) is 6.20 Å². The van der Waals surface area contributed by atoms with Crippen LogP contribution in [-0.2, 0) is 6.42 Å². The van der Waals surface area contributed by atoms with Crippen LogP contribution in [0.4, 0.5) is 4.39 Å². The lowest BCUT2D eigenvalue weighted by molar-refractivity contribution is 0.464. The molecule has 3 rings (SSSR count). The first kappa shape index (κ1) is 14.4. The quantitative estimate of drug-likeness (QED) is 0.934. The number of hydrogen-bond donors (Lipinski definition) is 1. The van der Waals surface area contributed by atoms with E-state index in [0.717, 1.165) is 37.1 Å². The fourth-order valence-electron chi connectivity index (χ4n) is 2.83. The van der Waals surface area contributed by atoms with Gasteiger partial charge in [-0.25, -0.2) is 14.4 Å². The molecule has 0 spiro atoms. The molecule has 3 nitrogen and oxygen atoms in total. The maximum absolute atomic E-state index is 13.5. The topological polar surface area (TPSA) is 37.8 Å². The van der Waals surface area contributed by atoms with Crippen LogP contribution >= 0.6 is 11.6 Å². The molecule has 1 aromatic heterocycles. The van der Waals surface area contributed by atoms with Crippen LogP contribution in [0.3, 0.4) is 0 Å². The predicted molar refractivity (Wildman–Crippen MR) is 81.8 cm³/mol. The molecule has 0 saturated carbocycles. The zero-order chi connectivity index (χ0) is 14.8. The van der Waals surface area contributed by atoms with Crippen molar-refractivity contribution in [1.29, 1.82) is 0 Å². The van der Waals surface area contributed by atoms with Gasteiger partial charge in [0.25, 0.3) is 0 Å². The number of aromatic nitrogens is 2. The smallest absolute Gasteiger partial charge is 0.159 e. The van der Waals surface area contributed by atoms with E-state index in [1.165, 1.54) is 12.1 Å². The number of nitrogens with one attached hydrogen (secondary N) is 1. The Morgan fingerprint density at radius 3 is 3.00 bits per heavy atom. The number of nitrogens with zero attached hydrogens (tertiary/aromatic N) is 2. The first-order valence-corrected chi connectivity index (χ1v) is 7.61.